The zero-order chi connectivity index (χ0) is 13.9. The molecular formula is C10H9Cl3N2O2S. The van der Waals surface area contributed by atoms with Gasteiger partial charge in [-0.25, -0.2) is 8.42 Å². The van der Waals surface area contributed by atoms with Crippen molar-refractivity contribution in [2.24, 2.45) is 0 Å². The number of rotatable bonds is 4. The van der Waals surface area contributed by atoms with Crippen LogP contribution in [-0.2, 0) is 10.0 Å². The molecule has 1 atom stereocenters. The lowest BCUT2D eigenvalue weighted by atomic mass is 10.3. The van der Waals surface area contributed by atoms with Crippen molar-refractivity contribution in [1.29, 1.82) is 5.26 Å². The van der Waals surface area contributed by atoms with Crippen molar-refractivity contribution in [1.82, 2.24) is 0 Å². The zero-order valence-electron chi connectivity index (χ0n) is 9.25. The molecule has 1 N–H and O–H groups in total. The topological polar surface area (TPSA) is 70.0 Å². The van der Waals surface area contributed by atoms with Crippen molar-refractivity contribution < 1.29 is 8.42 Å². The van der Waals surface area contributed by atoms with E-state index in [2.05, 4.69) is 4.72 Å². The van der Waals surface area contributed by atoms with Crippen LogP contribution in [0.25, 0.3) is 0 Å². The van der Waals surface area contributed by atoms with Gasteiger partial charge in [-0.2, -0.15) is 5.26 Å². The quantitative estimate of drug-likeness (QED) is 0.916. The number of sulfonamides is 1. The molecule has 0 saturated carbocycles. The summed E-state index contributed by atoms with van der Waals surface area (Å²) in [6, 6.07) is 4.42. The molecule has 0 aliphatic heterocycles. The minimum Gasteiger partial charge on any atom is -0.279 e. The van der Waals surface area contributed by atoms with Gasteiger partial charge in [0.2, 0.25) is 10.0 Å². The van der Waals surface area contributed by atoms with Crippen molar-refractivity contribution in [3.05, 3.63) is 27.2 Å². The molecule has 0 aromatic heterocycles. The molecule has 0 fully saturated rings. The first-order valence-electron chi connectivity index (χ1n) is 4.87. The number of benzene rings is 1. The van der Waals surface area contributed by atoms with Gasteiger partial charge in [-0.3, -0.25) is 4.72 Å². The third-order valence-corrected chi connectivity index (χ3v) is 4.63. The Bertz CT molecular complexity index is 573. The highest BCUT2D eigenvalue weighted by Crippen LogP contribution is 2.34. The average molecular weight is 328 g/mol. The average Bonchev–Trinajstić information content (AvgIpc) is 2.24. The fraction of sp³-hybridized carbons (Fsp3) is 0.300. The molecule has 0 bridgehead atoms. The van der Waals surface area contributed by atoms with Gasteiger partial charge in [0.25, 0.3) is 0 Å². The van der Waals surface area contributed by atoms with Crippen LogP contribution in [0.1, 0.15) is 13.3 Å². The van der Waals surface area contributed by atoms with Gasteiger partial charge in [0.05, 0.1) is 21.8 Å². The summed E-state index contributed by atoms with van der Waals surface area (Å²) >= 11 is 17.4. The summed E-state index contributed by atoms with van der Waals surface area (Å²) in [6.07, 6.45) is 0.161. The van der Waals surface area contributed by atoms with Gasteiger partial charge in [-0.05, 0) is 18.6 Å². The molecule has 0 amide bonds. The molecule has 18 heavy (non-hydrogen) atoms. The monoisotopic (exact) mass is 326 g/mol. The van der Waals surface area contributed by atoms with Crippen LogP contribution < -0.4 is 4.72 Å². The van der Waals surface area contributed by atoms with Gasteiger partial charge in [-0.1, -0.05) is 41.7 Å². The number of nitriles is 1. The molecule has 98 valence electrons. The van der Waals surface area contributed by atoms with E-state index in [1.807, 2.05) is 0 Å². The molecule has 1 unspecified atom stereocenters. The van der Waals surface area contributed by atoms with Crippen LogP contribution in [0.2, 0.25) is 15.1 Å². The second-order valence-electron chi connectivity index (χ2n) is 3.42. The van der Waals surface area contributed by atoms with Crippen LogP contribution in [0.3, 0.4) is 0 Å². The number of hydrogen-bond acceptors (Lipinski definition) is 3. The highest BCUT2D eigenvalue weighted by atomic mass is 35.5. The smallest absolute Gasteiger partial charge is 0.249 e. The highest BCUT2D eigenvalue weighted by Gasteiger charge is 2.25. The van der Waals surface area contributed by atoms with Crippen LogP contribution in [0, 0.1) is 11.3 Å². The summed E-state index contributed by atoms with van der Waals surface area (Å²) < 4.78 is 25.9. The van der Waals surface area contributed by atoms with Crippen LogP contribution >= 0.6 is 34.8 Å². The summed E-state index contributed by atoms with van der Waals surface area (Å²) in [5.74, 6) is 0. The third kappa shape index (κ3) is 3.42. The van der Waals surface area contributed by atoms with Gasteiger partial charge in [0.1, 0.15) is 0 Å². The second kappa shape index (κ2) is 5.98. The van der Waals surface area contributed by atoms with Gasteiger partial charge in [-0.15, -0.1) is 0 Å². The van der Waals surface area contributed by atoms with Crippen molar-refractivity contribution in [3.63, 3.8) is 0 Å². The molecule has 0 saturated heterocycles. The van der Waals surface area contributed by atoms with Crippen LogP contribution in [0.5, 0.6) is 0 Å². The summed E-state index contributed by atoms with van der Waals surface area (Å²) in [6.45, 7) is 1.60. The number of anilines is 1. The Morgan fingerprint density at radius 3 is 2.22 bits per heavy atom. The van der Waals surface area contributed by atoms with E-state index >= 15 is 0 Å². The number of halogens is 3. The molecule has 1 rings (SSSR count). The Hall–Kier alpha value is -0.670. The Kier molecular flexibility index (Phi) is 5.11. The van der Waals surface area contributed by atoms with Crippen molar-refractivity contribution in [3.8, 4) is 6.07 Å². The summed E-state index contributed by atoms with van der Waals surface area (Å²) in [4.78, 5) is 0. The van der Waals surface area contributed by atoms with Gasteiger partial charge >= 0.3 is 0 Å². The lowest BCUT2D eigenvalue weighted by Gasteiger charge is -2.13. The Labute approximate surface area is 121 Å². The highest BCUT2D eigenvalue weighted by molar-refractivity contribution is 7.93. The largest absolute Gasteiger partial charge is 0.279 e. The summed E-state index contributed by atoms with van der Waals surface area (Å²) in [5, 5.41) is 8.04. The normalized spacial score (nSPS) is 12.8. The Balaban J connectivity index is 3.17. The maximum Gasteiger partial charge on any atom is 0.249 e. The van der Waals surface area contributed by atoms with Crippen LogP contribution in [0.15, 0.2) is 12.1 Å². The van der Waals surface area contributed by atoms with E-state index in [9.17, 15) is 8.42 Å². The molecule has 0 radical (unpaired) electrons. The fourth-order valence-electron chi connectivity index (χ4n) is 1.23. The second-order valence-corrected chi connectivity index (χ2v) is 6.53. The number of hydrogen-bond donors (Lipinski definition) is 1. The molecule has 0 heterocycles. The van der Waals surface area contributed by atoms with Crippen molar-refractivity contribution in [2.45, 2.75) is 18.6 Å². The number of nitrogens with zero attached hydrogens (tertiary/aromatic N) is 1. The first-order chi connectivity index (χ1) is 8.31. The lowest BCUT2D eigenvalue weighted by molar-refractivity contribution is 0.593. The minimum absolute atomic E-state index is 0.0245. The summed E-state index contributed by atoms with van der Waals surface area (Å²) in [5.41, 5.74) is 0.0245. The van der Waals surface area contributed by atoms with Crippen molar-refractivity contribution in [2.75, 3.05) is 4.72 Å². The van der Waals surface area contributed by atoms with E-state index in [-0.39, 0.29) is 22.2 Å². The van der Waals surface area contributed by atoms with Crippen LogP contribution in [-0.4, -0.2) is 13.7 Å². The molecule has 0 aliphatic carbocycles. The maximum atomic E-state index is 11.9. The fourth-order valence-corrected chi connectivity index (χ4v) is 3.48. The van der Waals surface area contributed by atoms with Crippen LogP contribution in [0.4, 0.5) is 5.69 Å². The minimum atomic E-state index is -3.86. The predicted molar refractivity (Wildman–Crippen MR) is 73.7 cm³/mol. The van der Waals surface area contributed by atoms with E-state index in [4.69, 9.17) is 40.1 Å². The van der Waals surface area contributed by atoms with E-state index in [1.54, 1.807) is 13.0 Å². The van der Waals surface area contributed by atoms with E-state index < -0.39 is 15.3 Å². The summed E-state index contributed by atoms with van der Waals surface area (Å²) in [7, 11) is -3.86. The Morgan fingerprint density at radius 1 is 1.33 bits per heavy atom. The molecule has 4 nitrogen and oxygen atoms in total. The SMILES string of the molecule is CCC(C#N)S(=O)(=O)Nc1c(Cl)cc(Cl)cc1Cl. The predicted octanol–water partition coefficient (Wildman–Crippen LogP) is 3.69. The molecular weight excluding hydrogens is 319 g/mol. The van der Waals surface area contributed by atoms with E-state index in [0.29, 0.717) is 5.02 Å². The number of nitrogens with one attached hydrogen (secondary N) is 1. The molecule has 0 aliphatic rings. The van der Waals surface area contributed by atoms with Gasteiger partial charge in [0.15, 0.2) is 5.25 Å². The first-order valence-corrected chi connectivity index (χ1v) is 7.55. The standard InChI is InChI=1S/C10H9Cl3N2O2S/c1-2-7(5-14)18(16,17)15-10-8(12)3-6(11)4-9(10)13/h3-4,7,15H,2H2,1H3. The molecule has 8 heteroatoms. The molecule has 0 spiro atoms. The van der Waals surface area contributed by atoms with Gasteiger partial charge < -0.3 is 0 Å². The van der Waals surface area contributed by atoms with Gasteiger partial charge in [0, 0.05) is 5.02 Å². The maximum absolute atomic E-state index is 11.9. The lowest BCUT2D eigenvalue weighted by Crippen LogP contribution is -2.26. The first kappa shape index (κ1) is 15.4. The molecule has 1 aromatic carbocycles. The van der Waals surface area contributed by atoms with E-state index in [0.717, 1.165) is 0 Å². The van der Waals surface area contributed by atoms with Crippen molar-refractivity contribution >= 4 is 50.5 Å². The van der Waals surface area contributed by atoms with E-state index in [1.165, 1.54) is 12.1 Å². The molecule has 1 aromatic rings. The zero-order valence-corrected chi connectivity index (χ0v) is 12.3. The Morgan fingerprint density at radius 2 is 1.83 bits per heavy atom. The third-order valence-electron chi connectivity index (χ3n) is 2.14.